The monoisotopic (exact) mass is 274 g/mol. The molecule has 2 rings (SSSR count). The Morgan fingerprint density at radius 3 is 2.16 bits per heavy atom. The van der Waals surface area contributed by atoms with Gasteiger partial charge in [-0.15, -0.1) is 4.65 Å². The van der Waals surface area contributed by atoms with E-state index in [2.05, 4.69) is 0 Å². The Kier molecular flexibility index (Phi) is 3.80. The molecule has 0 aliphatic carbocycles. The molecule has 1 aromatic rings. The predicted molar refractivity (Wildman–Crippen MR) is 64.0 cm³/mol. The summed E-state index contributed by atoms with van der Waals surface area (Å²) >= 11 is 0. The first kappa shape index (κ1) is 13.9. The van der Waals surface area contributed by atoms with Gasteiger partial charge in [0.1, 0.15) is 13.1 Å². The third-order valence-corrected chi connectivity index (χ3v) is 3.25. The molecule has 0 amide bonds. The lowest BCUT2D eigenvalue weighted by Gasteiger charge is -2.36. The van der Waals surface area contributed by atoms with Crippen LogP contribution in [0.2, 0.25) is 0 Å². The molecule has 0 aromatic heterocycles. The van der Waals surface area contributed by atoms with Gasteiger partial charge in [0.15, 0.2) is 5.69 Å². The molecule has 1 aliphatic heterocycles. The van der Waals surface area contributed by atoms with Gasteiger partial charge in [0.05, 0.1) is 0 Å². The third kappa shape index (κ3) is 3.07. The fraction of sp³-hybridized carbons (Fsp3) is 0.462. The highest BCUT2D eigenvalue weighted by atomic mass is 19.4. The molecule has 104 valence electrons. The number of quaternary nitrogens is 1. The van der Waals surface area contributed by atoms with Crippen LogP contribution in [0.4, 0.5) is 18.9 Å². The minimum atomic E-state index is -4.96. The minimum Gasteiger partial charge on any atom is -0.261 e. The van der Waals surface area contributed by atoms with Crippen LogP contribution in [0.1, 0.15) is 19.3 Å². The Labute approximate surface area is 109 Å². The van der Waals surface area contributed by atoms with Crippen LogP contribution in [0.5, 0.6) is 0 Å². The molecular formula is C13H15F3NO2+. The molecule has 0 radical (unpaired) electrons. The molecule has 6 heteroatoms. The molecule has 0 spiro atoms. The fourth-order valence-electron chi connectivity index (χ4n) is 2.34. The summed E-state index contributed by atoms with van der Waals surface area (Å²) in [6.07, 6.45) is -2.55. The molecule has 1 aliphatic rings. The van der Waals surface area contributed by atoms with E-state index in [0.717, 1.165) is 19.3 Å². The zero-order valence-electron chi connectivity index (χ0n) is 10.3. The summed E-state index contributed by atoms with van der Waals surface area (Å²) in [5.41, 5.74) is 0.583. The Morgan fingerprint density at radius 2 is 1.63 bits per heavy atom. The maximum atomic E-state index is 12.4. The maximum Gasteiger partial charge on any atom is 0.497 e. The largest absolute Gasteiger partial charge is 0.497 e. The summed E-state index contributed by atoms with van der Waals surface area (Å²) in [4.78, 5) is 16.0. The molecule has 0 atom stereocenters. The molecule has 3 nitrogen and oxygen atoms in total. The summed E-state index contributed by atoms with van der Waals surface area (Å²) in [5, 5.41) is 0. The number of carbonyl (C=O) groups is 1. The van der Waals surface area contributed by atoms with E-state index in [-0.39, 0.29) is 4.65 Å². The quantitative estimate of drug-likeness (QED) is 0.774. The molecule has 1 heterocycles. The van der Waals surface area contributed by atoms with Gasteiger partial charge >= 0.3 is 12.1 Å². The van der Waals surface area contributed by atoms with Crippen LogP contribution in [-0.2, 0) is 9.63 Å². The standard InChI is InChI=1S/C13H15F3NO2/c14-13(15,16)12(18)19-17(9-5-2-6-10-17)11-7-3-1-4-8-11/h1,3-4,7-8H,2,5-6,9-10H2/q+1. The fourth-order valence-corrected chi connectivity index (χ4v) is 2.34. The molecule has 19 heavy (non-hydrogen) atoms. The first-order chi connectivity index (χ1) is 8.94. The zero-order chi connectivity index (χ0) is 13.9. The van der Waals surface area contributed by atoms with E-state index in [1.165, 1.54) is 0 Å². The Bertz CT molecular complexity index is 439. The zero-order valence-corrected chi connectivity index (χ0v) is 10.3. The Hall–Kier alpha value is -1.56. The van der Waals surface area contributed by atoms with Crippen LogP contribution in [0.15, 0.2) is 30.3 Å². The highest BCUT2D eigenvalue weighted by Crippen LogP contribution is 2.31. The second-order valence-corrected chi connectivity index (χ2v) is 4.61. The van der Waals surface area contributed by atoms with Gasteiger partial charge in [-0.2, -0.15) is 13.2 Å². The average Bonchev–Trinajstić information content (AvgIpc) is 2.40. The molecule has 1 aromatic carbocycles. The lowest BCUT2D eigenvalue weighted by molar-refractivity contribution is -0.237. The van der Waals surface area contributed by atoms with Crippen molar-refractivity contribution in [2.24, 2.45) is 0 Å². The predicted octanol–water partition coefficient (Wildman–Crippen LogP) is 3.20. The number of halogens is 3. The van der Waals surface area contributed by atoms with Gasteiger partial charge in [-0.3, -0.25) is 4.84 Å². The van der Waals surface area contributed by atoms with Crippen LogP contribution in [0.3, 0.4) is 0 Å². The van der Waals surface area contributed by atoms with E-state index in [9.17, 15) is 18.0 Å². The minimum absolute atomic E-state index is 0.362. The number of benzene rings is 1. The van der Waals surface area contributed by atoms with Crippen LogP contribution >= 0.6 is 0 Å². The normalized spacial score (nSPS) is 18.9. The highest BCUT2D eigenvalue weighted by Gasteiger charge is 2.49. The summed E-state index contributed by atoms with van der Waals surface area (Å²) in [6.45, 7) is 0.762. The highest BCUT2D eigenvalue weighted by molar-refractivity contribution is 5.76. The number of hydrogen-bond acceptors (Lipinski definition) is 2. The van der Waals surface area contributed by atoms with Gasteiger partial charge in [-0.05, 0) is 6.42 Å². The van der Waals surface area contributed by atoms with E-state index in [4.69, 9.17) is 4.84 Å². The summed E-state index contributed by atoms with van der Waals surface area (Å²) in [6, 6.07) is 8.61. The van der Waals surface area contributed by atoms with E-state index in [0.29, 0.717) is 18.8 Å². The van der Waals surface area contributed by atoms with Crippen LogP contribution in [0.25, 0.3) is 0 Å². The van der Waals surface area contributed by atoms with Gasteiger partial charge in [0.2, 0.25) is 0 Å². The van der Waals surface area contributed by atoms with Crippen molar-refractivity contribution in [1.82, 2.24) is 4.65 Å². The lowest BCUT2D eigenvalue weighted by Crippen LogP contribution is -2.55. The lowest BCUT2D eigenvalue weighted by atomic mass is 10.1. The molecule has 0 N–H and O–H groups in total. The van der Waals surface area contributed by atoms with Gasteiger partial charge in [0, 0.05) is 25.0 Å². The van der Waals surface area contributed by atoms with E-state index >= 15 is 0 Å². The van der Waals surface area contributed by atoms with Gasteiger partial charge in [-0.1, -0.05) is 18.2 Å². The molecule has 0 unspecified atom stereocenters. The van der Waals surface area contributed by atoms with Crippen molar-refractivity contribution in [2.45, 2.75) is 25.4 Å². The summed E-state index contributed by atoms with van der Waals surface area (Å²) < 4.78 is 36.9. The Morgan fingerprint density at radius 1 is 1.05 bits per heavy atom. The van der Waals surface area contributed by atoms with Crippen molar-refractivity contribution >= 4 is 11.7 Å². The smallest absolute Gasteiger partial charge is 0.261 e. The summed E-state index contributed by atoms with van der Waals surface area (Å²) in [7, 11) is 0. The van der Waals surface area contributed by atoms with Crippen molar-refractivity contribution in [2.75, 3.05) is 13.1 Å². The average molecular weight is 274 g/mol. The number of rotatable bonds is 2. The van der Waals surface area contributed by atoms with Gasteiger partial charge in [-0.25, -0.2) is 4.79 Å². The maximum absolute atomic E-state index is 12.4. The van der Waals surface area contributed by atoms with Crippen molar-refractivity contribution < 1.29 is 22.8 Å². The molecule has 1 saturated heterocycles. The van der Waals surface area contributed by atoms with Gasteiger partial charge < -0.3 is 0 Å². The number of hydroxylamine groups is 2. The Balaban J connectivity index is 2.28. The first-order valence-electron chi connectivity index (χ1n) is 6.17. The topological polar surface area (TPSA) is 26.3 Å². The van der Waals surface area contributed by atoms with Crippen molar-refractivity contribution in [3.8, 4) is 0 Å². The van der Waals surface area contributed by atoms with Crippen molar-refractivity contribution in [3.05, 3.63) is 30.3 Å². The van der Waals surface area contributed by atoms with Crippen molar-refractivity contribution in [3.63, 3.8) is 0 Å². The number of hydrogen-bond donors (Lipinski definition) is 0. The second-order valence-electron chi connectivity index (χ2n) is 4.61. The van der Waals surface area contributed by atoms with Crippen LogP contribution in [-0.4, -0.2) is 25.2 Å². The second kappa shape index (κ2) is 5.21. The number of nitrogens with zero attached hydrogens (tertiary/aromatic N) is 1. The first-order valence-corrected chi connectivity index (χ1v) is 6.17. The van der Waals surface area contributed by atoms with Crippen molar-refractivity contribution in [1.29, 1.82) is 0 Å². The molecule has 0 saturated carbocycles. The molecule has 1 fully saturated rings. The van der Waals surface area contributed by atoms with Crippen LogP contribution in [0, 0.1) is 0 Å². The number of piperidine rings is 1. The van der Waals surface area contributed by atoms with E-state index < -0.39 is 12.1 Å². The number of alkyl halides is 3. The van der Waals surface area contributed by atoms with E-state index in [1.807, 2.05) is 0 Å². The SMILES string of the molecule is O=C(O[N+]1(c2ccccc2)CCCCC1)C(F)(F)F. The van der Waals surface area contributed by atoms with E-state index in [1.54, 1.807) is 30.3 Å². The van der Waals surface area contributed by atoms with Gasteiger partial charge in [0.25, 0.3) is 0 Å². The number of carbonyl (C=O) groups excluding carboxylic acids is 1. The molecular weight excluding hydrogens is 259 g/mol. The van der Waals surface area contributed by atoms with Crippen LogP contribution < -0.4 is 4.65 Å². The third-order valence-electron chi connectivity index (χ3n) is 3.25. The summed E-state index contributed by atoms with van der Waals surface area (Å²) in [5.74, 6) is -2.13. The number of para-hydroxylation sites is 1. The molecule has 0 bridgehead atoms.